The van der Waals surface area contributed by atoms with E-state index in [1.54, 1.807) is 16.7 Å². The number of H-pyrrole nitrogens is 1. The number of imidazole rings is 2. The SMILES string of the molecule is CN(Cc1nc2c(F)cccc2[nH]1)C[C@@H]1CCc2nc(C(F)(F)F)cn2C1. The van der Waals surface area contributed by atoms with Gasteiger partial charge in [0, 0.05) is 25.7 Å². The first-order valence-electron chi connectivity index (χ1n) is 8.74. The van der Waals surface area contributed by atoms with Gasteiger partial charge in [0.05, 0.1) is 12.1 Å². The van der Waals surface area contributed by atoms with E-state index in [-0.39, 0.29) is 11.7 Å². The highest BCUT2D eigenvalue weighted by Crippen LogP contribution is 2.30. The average Bonchev–Trinajstić information content (AvgIpc) is 3.18. The summed E-state index contributed by atoms with van der Waals surface area (Å²) in [7, 11) is 1.92. The van der Waals surface area contributed by atoms with Crippen LogP contribution in [0.1, 0.15) is 23.8 Å². The molecule has 5 nitrogen and oxygen atoms in total. The minimum atomic E-state index is -4.41. The molecule has 3 heterocycles. The lowest BCUT2D eigenvalue weighted by Gasteiger charge is -2.27. The van der Waals surface area contributed by atoms with Crippen molar-refractivity contribution >= 4 is 11.0 Å². The maximum absolute atomic E-state index is 13.8. The Bertz CT molecular complexity index is 958. The van der Waals surface area contributed by atoms with Crippen molar-refractivity contribution in [2.24, 2.45) is 5.92 Å². The third kappa shape index (κ3) is 3.69. The summed E-state index contributed by atoms with van der Waals surface area (Å²) in [5.74, 6) is 1.02. The summed E-state index contributed by atoms with van der Waals surface area (Å²) in [5.41, 5.74) is 0.149. The monoisotopic (exact) mass is 381 g/mol. The predicted octanol–water partition coefficient (Wildman–Crippen LogP) is 3.61. The molecule has 0 spiro atoms. The van der Waals surface area contributed by atoms with Crippen LogP contribution in [0.2, 0.25) is 0 Å². The van der Waals surface area contributed by atoms with E-state index in [1.165, 1.54) is 6.07 Å². The maximum Gasteiger partial charge on any atom is 0.434 e. The van der Waals surface area contributed by atoms with Gasteiger partial charge in [0.2, 0.25) is 0 Å². The Morgan fingerprint density at radius 2 is 2.11 bits per heavy atom. The average molecular weight is 381 g/mol. The van der Waals surface area contributed by atoms with E-state index in [2.05, 4.69) is 15.0 Å². The van der Waals surface area contributed by atoms with Crippen LogP contribution in [0.15, 0.2) is 24.4 Å². The number of rotatable bonds is 4. The van der Waals surface area contributed by atoms with Crippen molar-refractivity contribution in [3.63, 3.8) is 0 Å². The molecule has 27 heavy (non-hydrogen) atoms. The van der Waals surface area contributed by atoms with Crippen molar-refractivity contribution in [1.82, 2.24) is 24.4 Å². The van der Waals surface area contributed by atoms with Crippen LogP contribution in [0, 0.1) is 11.7 Å². The number of fused-ring (bicyclic) bond motifs is 2. The van der Waals surface area contributed by atoms with Gasteiger partial charge in [0.15, 0.2) is 11.5 Å². The first-order chi connectivity index (χ1) is 12.8. The maximum atomic E-state index is 13.8. The molecule has 0 radical (unpaired) electrons. The zero-order valence-electron chi connectivity index (χ0n) is 14.7. The topological polar surface area (TPSA) is 49.7 Å². The molecule has 144 valence electrons. The molecule has 1 aromatic carbocycles. The number of aromatic amines is 1. The Kier molecular flexibility index (Phi) is 4.41. The van der Waals surface area contributed by atoms with Gasteiger partial charge in [-0.15, -0.1) is 0 Å². The summed E-state index contributed by atoms with van der Waals surface area (Å²) < 4.78 is 53.8. The molecular weight excluding hydrogens is 362 g/mol. The van der Waals surface area contributed by atoms with Crippen molar-refractivity contribution in [3.8, 4) is 0 Å². The molecular formula is C18H19F4N5. The minimum Gasteiger partial charge on any atom is -0.341 e. The van der Waals surface area contributed by atoms with Gasteiger partial charge >= 0.3 is 6.18 Å². The molecule has 9 heteroatoms. The van der Waals surface area contributed by atoms with Crippen molar-refractivity contribution in [2.75, 3.05) is 13.6 Å². The first-order valence-corrected chi connectivity index (χ1v) is 8.74. The Morgan fingerprint density at radius 1 is 1.30 bits per heavy atom. The van der Waals surface area contributed by atoms with Crippen molar-refractivity contribution in [3.05, 3.63) is 47.6 Å². The van der Waals surface area contributed by atoms with Gasteiger partial charge in [0.1, 0.15) is 17.2 Å². The molecule has 1 aliphatic heterocycles. The molecule has 1 N–H and O–H groups in total. The number of nitrogens with one attached hydrogen (secondary N) is 1. The highest BCUT2D eigenvalue weighted by Gasteiger charge is 2.35. The van der Waals surface area contributed by atoms with Crippen LogP contribution in [-0.2, 0) is 25.7 Å². The fraction of sp³-hybridized carbons (Fsp3) is 0.444. The molecule has 1 atom stereocenters. The fourth-order valence-electron chi connectivity index (χ4n) is 3.68. The molecule has 0 saturated heterocycles. The van der Waals surface area contributed by atoms with Crippen molar-refractivity contribution < 1.29 is 17.6 Å². The second-order valence-corrected chi connectivity index (χ2v) is 7.11. The van der Waals surface area contributed by atoms with Gasteiger partial charge < -0.3 is 9.55 Å². The number of para-hydroxylation sites is 1. The molecule has 0 fully saturated rings. The normalized spacial score (nSPS) is 17.6. The van der Waals surface area contributed by atoms with E-state index in [0.717, 1.165) is 12.6 Å². The minimum absolute atomic E-state index is 0.221. The lowest BCUT2D eigenvalue weighted by atomic mass is 9.99. The molecule has 0 bridgehead atoms. The molecule has 2 aromatic heterocycles. The summed E-state index contributed by atoms with van der Waals surface area (Å²) in [6.45, 7) is 1.73. The van der Waals surface area contributed by atoms with Crippen molar-refractivity contribution in [1.29, 1.82) is 0 Å². The van der Waals surface area contributed by atoms with Gasteiger partial charge in [-0.1, -0.05) is 6.07 Å². The lowest BCUT2D eigenvalue weighted by Crippen LogP contribution is -2.31. The third-order valence-electron chi connectivity index (χ3n) is 4.88. The zero-order chi connectivity index (χ0) is 19.2. The van der Waals surface area contributed by atoms with E-state index in [9.17, 15) is 17.6 Å². The van der Waals surface area contributed by atoms with Crippen LogP contribution in [0.25, 0.3) is 11.0 Å². The number of aryl methyl sites for hydroxylation is 1. The fourth-order valence-corrected chi connectivity index (χ4v) is 3.68. The smallest absolute Gasteiger partial charge is 0.341 e. The number of alkyl halides is 3. The molecule has 4 rings (SSSR count). The Labute approximate surface area is 153 Å². The molecule has 3 aromatic rings. The first kappa shape index (κ1) is 18.0. The molecule has 0 saturated carbocycles. The Balaban J connectivity index is 1.40. The van der Waals surface area contributed by atoms with Crippen LogP contribution >= 0.6 is 0 Å². The number of nitrogens with zero attached hydrogens (tertiary/aromatic N) is 4. The van der Waals surface area contributed by atoms with Crippen LogP contribution < -0.4 is 0 Å². The third-order valence-corrected chi connectivity index (χ3v) is 4.88. The van der Waals surface area contributed by atoms with Gasteiger partial charge in [-0.2, -0.15) is 13.2 Å². The highest BCUT2D eigenvalue weighted by molar-refractivity contribution is 5.75. The number of halogens is 4. The summed E-state index contributed by atoms with van der Waals surface area (Å²) in [5, 5.41) is 0. The summed E-state index contributed by atoms with van der Waals surface area (Å²) in [4.78, 5) is 13.2. The predicted molar refractivity (Wildman–Crippen MR) is 91.4 cm³/mol. The largest absolute Gasteiger partial charge is 0.434 e. The molecule has 0 unspecified atom stereocenters. The van der Waals surface area contributed by atoms with E-state index in [0.29, 0.717) is 48.7 Å². The number of aromatic nitrogens is 4. The summed E-state index contributed by atoms with van der Waals surface area (Å²) in [6.07, 6.45) is -1.99. The van der Waals surface area contributed by atoms with Gasteiger partial charge in [-0.05, 0) is 31.5 Å². The highest BCUT2D eigenvalue weighted by atomic mass is 19.4. The molecule has 0 aliphatic carbocycles. The van der Waals surface area contributed by atoms with Crippen LogP contribution in [-0.4, -0.2) is 38.0 Å². The van der Waals surface area contributed by atoms with E-state index in [1.807, 2.05) is 11.9 Å². The molecule has 1 aliphatic rings. The Hall–Kier alpha value is -2.42. The zero-order valence-corrected chi connectivity index (χ0v) is 14.7. The second kappa shape index (κ2) is 6.63. The van der Waals surface area contributed by atoms with Crippen LogP contribution in [0.5, 0.6) is 0 Å². The standard InChI is InChI=1S/C18H19F4N5/c1-26(10-15-23-13-4-2-3-12(19)17(13)25-15)7-11-5-6-16-24-14(18(20,21)22)9-27(16)8-11/h2-4,9,11H,5-8,10H2,1H3,(H,23,25)/t11-/m0/s1. The number of benzene rings is 1. The molecule has 0 amide bonds. The van der Waals surface area contributed by atoms with Crippen LogP contribution in [0.4, 0.5) is 17.6 Å². The van der Waals surface area contributed by atoms with Crippen LogP contribution in [0.3, 0.4) is 0 Å². The van der Waals surface area contributed by atoms with Crippen molar-refractivity contribution in [2.45, 2.75) is 32.1 Å². The Morgan fingerprint density at radius 3 is 2.85 bits per heavy atom. The summed E-state index contributed by atoms with van der Waals surface area (Å²) >= 11 is 0. The number of hydrogen-bond donors (Lipinski definition) is 1. The lowest BCUT2D eigenvalue weighted by molar-refractivity contribution is -0.141. The van der Waals surface area contributed by atoms with E-state index >= 15 is 0 Å². The van der Waals surface area contributed by atoms with Gasteiger partial charge in [-0.3, -0.25) is 4.90 Å². The summed E-state index contributed by atoms with van der Waals surface area (Å²) in [6, 6.07) is 4.77. The van der Waals surface area contributed by atoms with E-state index < -0.39 is 11.9 Å². The van der Waals surface area contributed by atoms with Gasteiger partial charge in [-0.25, -0.2) is 14.4 Å². The number of hydrogen-bond acceptors (Lipinski definition) is 3. The van der Waals surface area contributed by atoms with Gasteiger partial charge in [0.25, 0.3) is 0 Å². The second-order valence-electron chi connectivity index (χ2n) is 7.11. The van der Waals surface area contributed by atoms with E-state index in [4.69, 9.17) is 0 Å². The quantitative estimate of drug-likeness (QED) is 0.703.